The predicted molar refractivity (Wildman–Crippen MR) is 118 cm³/mol. The van der Waals surface area contributed by atoms with E-state index in [0.717, 1.165) is 75.6 Å². The molecule has 2 aliphatic heterocycles. The van der Waals surface area contributed by atoms with Crippen molar-refractivity contribution < 1.29 is 4.79 Å². The molecule has 0 atom stereocenters. The number of nitrogens with zero attached hydrogens (tertiary/aromatic N) is 5. The largest absolute Gasteiger partial charge is 0.342 e. The highest BCUT2D eigenvalue weighted by Crippen LogP contribution is 2.26. The molecule has 2 aliphatic rings. The molecule has 4 heterocycles. The maximum absolute atomic E-state index is 12.5. The number of carbonyl (C=O) groups is 1. The lowest BCUT2D eigenvalue weighted by Gasteiger charge is -2.35. The number of fused-ring (bicyclic) bond motifs is 1. The average molecular weight is 404 g/mol. The Bertz CT molecular complexity index is 1000. The van der Waals surface area contributed by atoms with E-state index in [2.05, 4.69) is 56.8 Å². The molecule has 0 unspecified atom stereocenters. The smallest absolute Gasteiger partial charge is 0.236 e. The van der Waals surface area contributed by atoms with Crippen LogP contribution in [0.3, 0.4) is 0 Å². The van der Waals surface area contributed by atoms with Gasteiger partial charge in [-0.2, -0.15) is 0 Å². The normalized spacial score (nSPS) is 18.3. The predicted octanol–water partition coefficient (Wildman–Crippen LogP) is 2.74. The zero-order valence-electron chi connectivity index (χ0n) is 17.4. The van der Waals surface area contributed by atoms with Crippen molar-refractivity contribution in [2.45, 2.75) is 19.4 Å². The maximum Gasteiger partial charge on any atom is 0.236 e. The Labute approximate surface area is 177 Å². The summed E-state index contributed by atoms with van der Waals surface area (Å²) in [5, 5.41) is 0. The highest BCUT2D eigenvalue weighted by atomic mass is 16.2. The van der Waals surface area contributed by atoms with Crippen LogP contribution >= 0.6 is 0 Å². The Kier molecular flexibility index (Phi) is 5.51. The van der Waals surface area contributed by atoms with Crippen molar-refractivity contribution in [1.29, 1.82) is 0 Å². The van der Waals surface area contributed by atoms with E-state index < -0.39 is 0 Å². The van der Waals surface area contributed by atoms with Crippen molar-refractivity contribution in [3.05, 3.63) is 60.4 Å². The number of likely N-dealkylation sites (tertiary alicyclic amines) is 1. The number of amides is 1. The third-order valence-electron chi connectivity index (χ3n) is 6.33. The summed E-state index contributed by atoms with van der Waals surface area (Å²) in [5.41, 5.74) is 4.44. The van der Waals surface area contributed by atoms with Crippen molar-refractivity contribution in [3.8, 4) is 11.3 Å². The minimum Gasteiger partial charge on any atom is -0.342 e. The first-order valence-corrected chi connectivity index (χ1v) is 11.0. The SMILES string of the molecule is O=C(CN1CCN(Cc2c(-c3ccccc3)nc3ccccn23)CC1)N1CCCC1. The van der Waals surface area contributed by atoms with Gasteiger partial charge in [-0.3, -0.25) is 14.6 Å². The van der Waals surface area contributed by atoms with Gasteiger partial charge in [-0.05, 0) is 25.0 Å². The van der Waals surface area contributed by atoms with Crippen LogP contribution in [0.1, 0.15) is 18.5 Å². The lowest BCUT2D eigenvalue weighted by molar-refractivity contribution is -0.131. The Morgan fingerprint density at radius 2 is 1.53 bits per heavy atom. The summed E-state index contributed by atoms with van der Waals surface area (Å²) in [5.74, 6) is 0.300. The van der Waals surface area contributed by atoms with E-state index in [-0.39, 0.29) is 0 Å². The highest BCUT2D eigenvalue weighted by molar-refractivity contribution is 5.78. The molecule has 1 amide bonds. The molecule has 0 spiro atoms. The molecule has 2 saturated heterocycles. The Hall–Kier alpha value is -2.70. The van der Waals surface area contributed by atoms with Crippen molar-refractivity contribution in [2.24, 2.45) is 0 Å². The van der Waals surface area contributed by atoms with Crippen LogP contribution in [-0.2, 0) is 11.3 Å². The fraction of sp³-hybridized carbons (Fsp3) is 0.417. The minimum absolute atomic E-state index is 0.300. The topological polar surface area (TPSA) is 44.1 Å². The fourth-order valence-electron chi connectivity index (χ4n) is 4.60. The molecular formula is C24H29N5O. The number of aromatic nitrogens is 2. The molecule has 5 rings (SSSR count). The van der Waals surface area contributed by atoms with Crippen LogP contribution in [0.2, 0.25) is 0 Å². The molecule has 2 aromatic heterocycles. The van der Waals surface area contributed by atoms with Gasteiger partial charge in [0.1, 0.15) is 5.65 Å². The number of piperazine rings is 1. The standard InChI is InChI=1S/C24H29N5O/c30-23(28-11-6-7-12-28)19-27-16-14-26(15-17-27)18-21-24(20-8-2-1-3-9-20)25-22-10-4-5-13-29(21)22/h1-5,8-10,13H,6-7,11-12,14-19H2. The summed E-state index contributed by atoms with van der Waals surface area (Å²) in [6.07, 6.45) is 4.42. The monoisotopic (exact) mass is 403 g/mol. The summed E-state index contributed by atoms with van der Waals surface area (Å²) in [6, 6.07) is 16.6. The van der Waals surface area contributed by atoms with E-state index in [9.17, 15) is 4.79 Å². The van der Waals surface area contributed by atoms with E-state index in [4.69, 9.17) is 4.98 Å². The van der Waals surface area contributed by atoms with E-state index in [1.165, 1.54) is 5.69 Å². The molecule has 0 saturated carbocycles. The highest BCUT2D eigenvalue weighted by Gasteiger charge is 2.24. The molecule has 0 N–H and O–H groups in total. The first-order chi connectivity index (χ1) is 14.8. The third-order valence-corrected chi connectivity index (χ3v) is 6.33. The van der Waals surface area contributed by atoms with Crippen LogP contribution in [0, 0.1) is 0 Å². The van der Waals surface area contributed by atoms with Crippen molar-refractivity contribution >= 4 is 11.6 Å². The van der Waals surface area contributed by atoms with Gasteiger partial charge in [0.05, 0.1) is 17.9 Å². The van der Waals surface area contributed by atoms with E-state index in [1.54, 1.807) is 0 Å². The first kappa shape index (κ1) is 19.3. The molecule has 0 radical (unpaired) electrons. The molecule has 0 bridgehead atoms. The van der Waals surface area contributed by atoms with Gasteiger partial charge >= 0.3 is 0 Å². The second-order valence-corrected chi connectivity index (χ2v) is 8.34. The summed E-state index contributed by atoms with van der Waals surface area (Å²) in [6.45, 7) is 7.14. The van der Waals surface area contributed by atoms with Gasteiger partial charge in [0, 0.05) is 57.6 Å². The van der Waals surface area contributed by atoms with Crippen LogP contribution in [0.15, 0.2) is 54.7 Å². The van der Waals surface area contributed by atoms with Crippen LogP contribution in [0.5, 0.6) is 0 Å². The Morgan fingerprint density at radius 3 is 2.30 bits per heavy atom. The van der Waals surface area contributed by atoms with Gasteiger partial charge in [-0.25, -0.2) is 4.98 Å². The summed E-state index contributed by atoms with van der Waals surface area (Å²) in [4.78, 5) is 24.2. The Morgan fingerprint density at radius 1 is 0.833 bits per heavy atom. The van der Waals surface area contributed by atoms with E-state index in [1.807, 2.05) is 17.0 Å². The van der Waals surface area contributed by atoms with Crippen LogP contribution in [-0.4, -0.2) is 75.8 Å². The number of carbonyl (C=O) groups excluding carboxylic acids is 1. The van der Waals surface area contributed by atoms with Crippen molar-refractivity contribution in [1.82, 2.24) is 24.1 Å². The molecular weight excluding hydrogens is 374 g/mol. The number of benzene rings is 1. The second-order valence-electron chi connectivity index (χ2n) is 8.34. The van der Waals surface area contributed by atoms with E-state index >= 15 is 0 Å². The number of pyridine rings is 1. The minimum atomic E-state index is 0.300. The molecule has 2 fully saturated rings. The van der Waals surface area contributed by atoms with Gasteiger partial charge in [0.15, 0.2) is 0 Å². The van der Waals surface area contributed by atoms with Crippen LogP contribution in [0.25, 0.3) is 16.9 Å². The molecule has 6 heteroatoms. The number of rotatable bonds is 5. The summed E-state index contributed by atoms with van der Waals surface area (Å²) in [7, 11) is 0. The quantitative estimate of drug-likeness (QED) is 0.657. The number of hydrogen-bond donors (Lipinski definition) is 0. The molecule has 1 aromatic carbocycles. The average Bonchev–Trinajstić information content (AvgIpc) is 3.45. The molecule has 30 heavy (non-hydrogen) atoms. The van der Waals surface area contributed by atoms with Crippen molar-refractivity contribution in [3.63, 3.8) is 0 Å². The number of hydrogen-bond acceptors (Lipinski definition) is 4. The van der Waals surface area contributed by atoms with Gasteiger partial charge in [0.2, 0.25) is 5.91 Å². The first-order valence-electron chi connectivity index (χ1n) is 11.0. The lowest BCUT2D eigenvalue weighted by atomic mass is 10.1. The summed E-state index contributed by atoms with van der Waals surface area (Å²) < 4.78 is 2.21. The second kappa shape index (κ2) is 8.58. The van der Waals surface area contributed by atoms with Gasteiger partial charge < -0.3 is 9.30 Å². The third kappa shape index (κ3) is 3.98. The van der Waals surface area contributed by atoms with Gasteiger partial charge in [-0.1, -0.05) is 36.4 Å². The molecule has 3 aromatic rings. The van der Waals surface area contributed by atoms with Gasteiger partial charge in [0.25, 0.3) is 0 Å². The molecule has 6 nitrogen and oxygen atoms in total. The van der Waals surface area contributed by atoms with E-state index in [0.29, 0.717) is 12.5 Å². The Balaban J connectivity index is 1.28. The maximum atomic E-state index is 12.5. The molecule has 156 valence electrons. The van der Waals surface area contributed by atoms with Crippen molar-refractivity contribution in [2.75, 3.05) is 45.8 Å². The fourth-order valence-corrected chi connectivity index (χ4v) is 4.60. The van der Waals surface area contributed by atoms with Crippen LogP contribution < -0.4 is 0 Å². The molecule has 0 aliphatic carbocycles. The van der Waals surface area contributed by atoms with Crippen LogP contribution in [0.4, 0.5) is 0 Å². The number of imidazole rings is 1. The lowest BCUT2D eigenvalue weighted by Crippen LogP contribution is -2.49. The summed E-state index contributed by atoms with van der Waals surface area (Å²) >= 11 is 0. The zero-order valence-corrected chi connectivity index (χ0v) is 17.4. The van der Waals surface area contributed by atoms with Gasteiger partial charge in [-0.15, -0.1) is 0 Å². The zero-order chi connectivity index (χ0) is 20.3.